The van der Waals surface area contributed by atoms with Gasteiger partial charge < -0.3 is 9.32 Å². The zero-order chi connectivity index (χ0) is 29.8. The molecule has 0 bridgehead atoms. The van der Waals surface area contributed by atoms with Crippen LogP contribution in [0.1, 0.15) is 49.9 Å². The van der Waals surface area contributed by atoms with Crippen LogP contribution in [0.15, 0.2) is 132 Å². The summed E-state index contributed by atoms with van der Waals surface area (Å²) in [6.45, 7) is 9.42. The quantitative estimate of drug-likeness (QED) is 0.211. The molecule has 2 aliphatic rings. The van der Waals surface area contributed by atoms with Gasteiger partial charge in [0.1, 0.15) is 11.2 Å². The van der Waals surface area contributed by atoms with Gasteiger partial charge in [0.05, 0.1) is 0 Å². The Morgan fingerprint density at radius 2 is 0.977 bits per heavy atom. The summed E-state index contributed by atoms with van der Waals surface area (Å²) in [4.78, 5) is 2.41. The highest BCUT2D eigenvalue weighted by Crippen LogP contribution is 2.54. The highest BCUT2D eigenvalue weighted by atomic mass is 16.3. The Hall–Kier alpha value is -5.08. The van der Waals surface area contributed by atoms with Gasteiger partial charge in [-0.1, -0.05) is 100 Å². The summed E-state index contributed by atoms with van der Waals surface area (Å²) < 4.78 is 6.31. The fourth-order valence-electron chi connectivity index (χ4n) is 7.94. The van der Waals surface area contributed by atoms with E-state index in [9.17, 15) is 0 Å². The minimum absolute atomic E-state index is 0.0625. The van der Waals surface area contributed by atoms with Crippen molar-refractivity contribution >= 4 is 39.0 Å². The molecule has 9 rings (SSSR count). The molecule has 0 aliphatic heterocycles. The minimum atomic E-state index is -0.156. The Balaban J connectivity index is 1.21. The third-order valence-corrected chi connectivity index (χ3v) is 10.3. The first kappa shape index (κ1) is 25.4. The van der Waals surface area contributed by atoms with E-state index in [1.165, 1.54) is 66.7 Å². The number of hydrogen-bond acceptors (Lipinski definition) is 2. The van der Waals surface area contributed by atoms with Gasteiger partial charge in [-0.3, -0.25) is 0 Å². The monoisotopic (exact) mass is 567 g/mol. The standard InChI is InChI=1S/C42H33NO/c1-41(2)35-16-10-8-14-29(35)30-20-18-27(22-36(30)41)43(26-12-6-5-7-13-26)28-19-21-31-33-25-40-34(32-15-9-11-17-39(32)44-40)24-38(33)42(3,4)37(31)23-28/h5-25H,1-4H3. The molecule has 7 aromatic rings. The Morgan fingerprint density at radius 1 is 0.409 bits per heavy atom. The second kappa shape index (κ2) is 8.74. The van der Waals surface area contributed by atoms with Gasteiger partial charge in [-0.05, 0) is 99.1 Å². The summed E-state index contributed by atoms with van der Waals surface area (Å²) in [6.07, 6.45) is 0. The molecule has 0 N–H and O–H groups in total. The summed E-state index contributed by atoms with van der Waals surface area (Å²) in [6, 6.07) is 46.6. The molecule has 1 heterocycles. The van der Waals surface area contributed by atoms with Gasteiger partial charge in [-0.2, -0.15) is 0 Å². The average Bonchev–Trinajstić information content (AvgIpc) is 3.60. The maximum Gasteiger partial charge on any atom is 0.136 e. The normalized spacial score (nSPS) is 15.2. The molecule has 2 aliphatic carbocycles. The lowest BCUT2D eigenvalue weighted by Crippen LogP contribution is -2.18. The lowest BCUT2D eigenvalue weighted by molar-refractivity contribution is 0.658. The predicted octanol–water partition coefficient (Wildman–Crippen LogP) is 11.7. The fraction of sp³-hybridized carbons (Fsp3) is 0.143. The summed E-state index contributed by atoms with van der Waals surface area (Å²) in [7, 11) is 0. The molecule has 2 heteroatoms. The Kier molecular flexibility index (Phi) is 5.05. The van der Waals surface area contributed by atoms with E-state index in [-0.39, 0.29) is 10.8 Å². The Labute approximate surface area is 258 Å². The van der Waals surface area contributed by atoms with Crippen LogP contribution >= 0.6 is 0 Å². The highest BCUT2D eigenvalue weighted by Gasteiger charge is 2.38. The van der Waals surface area contributed by atoms with Gasteiger partial charge in [-0.25, -0.2) is 0 Å². The predicted molar refractivity (Wildman–Crippen MR) is 184 cm³/mol. The number of rotatable bonds is 3. The molecule has 44 heavy (non-hydrogen) atoms. The second-order valence-corrected chi connectivity index (χ2v) is 13.4. The van der Waals surface area contributed by atoms with E-state index in [1.807, 2.05) is 6.07 Å². The molecule has 1 aromatic heterocycles. The van der Waals surface area contributed by atoms with E-state index >= 15 is 0 Å². The lowest BCUT2D eigenvalue weighted by Gasteiger charge is -2.29. The van der Waals surface area contributed by atoms with Crippen LogP contribution in [0.25, 0.3) is 44.2 Å². The van der Waals surface area contributed by atoms with Gasteiger partial charge in [0, 0.05) is 38.7 Å². The van der Waals surface area contributed by atoms with Gasteiger partial charge in [0.25, 0.3) is 0 Å². The van der Waals surface area contributed by atoms with Gasteiger partial charge in [0.2, 0.25) is 0 Å². The van der Waals surface area contributed by atoms with Crippen molar-refractivity contribution in [2.24, 2.45) is 0 Å². The van der Waals surface area contributed by atoms with Crippen molar-refractivity contribution in [3.8, 4) is 22.3 Å². The van der Waals surface area contributed by atoms with Crippen molar-refractivity contribution in [1.29, 1.82) is 0 Å². The van der Waals surface area contributed by atoms with E-state index in [1.54, 1.807) is 0 Å². The van der Waals surface area contributed by atoms with Gasteiger partial charge in [-0.15, -0.1) is 0 Å². The summed E-state index contributed by atoms with van der Waals surface area (Å²) in [5.74, 6) is 0. The van der Waals surface area contributed by atoms with E-state index in [0.717, 1.165) is 16.9 Å². The molecule has 0 unspecified atom stereocenters. The molecule has 0 amide bonds. The first-order chi connectivity index (χ1) is 21.3. The van der Waals surface area contributed by atoms with Crippen molar-refractivity contribution < 1.29 is 4.42 Å². The van der Waals surface area contributed by atoms with Crippen LogP contribution in [-0.2, 0) is 10.8 Å². The average molecular weight is 568 g/mol. The third-order valence-electron chi connectivity index (χ3n) is 10.3. The molecule has 212 valence electrons. The number of anilines is 3. The second-order valence-electron chi connectivity index (χ2n) is 13.4. The Morgan fingerprint density at radius 3 is 1.73 bits per heavy atom. The Bertz CT molecular complexity index is 2290. The highest BCUT2D eigenvalue weighted by molar-refractivity contribution is 6.07. The fourth-order valence-corrected chi connectivity index (χ4v) is 7.94. The van der Waals surface area contributed by atoms with Crippen LogP contribution in [0.5, 0.6) is 0 Å². The van der Waals surface area contributed by atoms with Crippen molar-refractivity contribution in [3.63, 3.8) is 0 Å². The summed E-state index contributed by atoms with van der Waals surface area (Å²) >= 11 is 0. The van der Waals surface area contributed by atoms with E-state index in [4.69, 9.17) is 4.42 Å². The number of hydrogen-bond donors (Lipinski definition) is 0. The third kappa shape index (κ3) is 3.37. The zero-order valence-corrected chi connectivity index (χ0v) is 25.5. The maximum atomic E-state index is 6.31. The minimum Gasteiger partial charge on any atom is -0.456 e. The molecular formula is C42H33NO. The number of nitrogens with zero attached hydrogens (tertiary/aromatic N) is 1. The number of furan rings is 1. The van der Waals surface area contributed by atoms with Crippen molar-refractivity contribution in [3.05, 3.63) is 150 Å². The van der Waals surface area contributed by atoms with Crippen LogP contribution in [-0.4, -0.2) is 0 Å². The smallest absolute Gasteiger partial charge is 0.136 e. The largest absolute Gasteiger partial charge is 0.456 e. The van der Waals surface area contributed by atoms with Gasteiger partial charge in [0.15, 0.2) is 0 Å². The van der Waals surface area contributed by atoms with Crippen LogP contribution in [0.4, 0.5) is 17.1 Å². The zero-order valence-electron chi connectivity index (χ0n) is 25.5. The molecule has 2 nitrogen and oxygen atoms in total. The molecule has 0 atom stereocenters. The maximum absolute atomic E-state index is 6.31. The molecule has 0 saturated carbocycles. The number of benzene rings is 6. The van der Waals surface area contributed by atoms with E-state index in [0.29, 0.717) is 0 Å². The number of fused-ring (bicyclic) bond motifs is 9. The molecule has 0 spiro atoms. The van der Waals surface area contributed by atoms with Crippen molar-refractivity contribution in [1.82, 2.24) is 0 Å². The summed E-state index contributed by atoms with van der Waals surface area (Å²) in [5.41, 5.74) is 15.9. The molecule has 6 aromatic carbocycles. The topological polar surface area (TPSA) is 16.4 Å². The molecule has 0 saturated heterocycles. The lowest BCUT2D eigenvalue weighted by atomic mass is 9.81. The van der Waals surface area contributed by atoms with Crippen LogP contribution in [0.2, 0.25) is 0 Å². The van der Waals surface area contributed by atoms with E-state index in [2.05, 4.69) is 154 Å². The SMILES string of the molecule is CC1(C)c2ccccc2-c2ccc(N(c3ccccc3)c3ccc4c(c3)C(C)(C)c3cc5c(cc3-4)oc3ccccc35)cc21. The van der Waals surface area contributed by atoms with Gasteiger partial charge >= 0.3 is 0 Å². The molecule has 0 fully saturated rings. The van der Waals surface area contributed by atoms with E-state index < -0.39 is 0 Å². The van der Waals surface area contributed by atoms with Crippen LogP contribution in [0.3, 0.4) is 0 Å². The van der Waals surface area contributed by atoms with Crippen molar-refractivity contribution in [2.75, 3.05) is 4.90 Å². The molecular weight excluding hydrogens is 534 g/mol. The van der Waals surface area contributed by atoms with Crippen LogP contribution < -0.4 is 4.90 Å². The van der Waals surface area contributed by atoms with Crippen LogP contribution in [0, 0.1) is 0 Å². The number of para-hydroxylation sites is 2. The first-order valence-corrected chi connectivity index (χ1v) is 15.5. The first-order valence-electron chi connectivity index (χ1n) is 15.5. The van der Waals surface area contributed by atoms with Crippen molar-refractivity contribution in [2.45, 2.75) is 38.5 Å². The summed E-state index contributed by atoms with van der Waals surface area (Å²) in [5, 5.41) is 2.36. The molecule has 0 radical (unpaired) electrons.